The predicted molar refractivity (Wildman–Crippen MR) is 80.3 cm³/mol. The number of hydrogen-bond donors (Lipinski definition) is 2. The summed E-state index contributed by atoms with van der Waals surface area (Å²) in [5, 5.41) is 4.72. The number of aromatic nitrogens is 2. The van der Waals surface area contributed by atoms with Gasteiger partial charge in [-0.15, -0.1) is 11.3 Å². The van der Waals surface area contributed by atoms with Gasteiger partial charge in [0.15, 0.2) is 5.82 Å². The van der Waals surface area contributed by atoms with Gasteiger partial charge in [-0.2, -0.15) is 0 Å². The second-order valence-corrected chi connectivity index (χ2v) is 5.76. The average Bonchev–Trinajstić information content (AvgIpc) is 2.84. The van der Waals surface area contributed by atoms with E-state index in [4.69, 9.17) is 5.73 Å². The molecule has 0 fully saturated rings. The van der Waals surface area contributed by atoms with E-state index in [1.165, 1.54) is 6.07 Å². The Morgan fingerprint density at radius 3 is 3.00 bits per heavy atom. The van der Waals surface area contributed by atoms with Crippen molar-refractivity contribution in [2.75, 3.05) is 11.1 Å². The van der Waals surface area contributed by atoms with E-state index in [0.29, 0.717) is 23.4 Å². The van der Waals surface area contributed by atoms with Crippen LogP contribution in [0.3, 0.4) is 0 Å². The van der Waals surface area contributed by atoms with Gasteiger partial charge < -0.3 is 11.1 Å². The highest BCUT2D eigenvalue weighted by Gasteiger charge is 2.12. The SMILES string of the molecule is Cc1cnc(CNc2c(F)cc(N)c3cccnc23)s1. The molecular formula is C14H13FN4S. The van der Waals surface area contributed by atoms with E-state index in [1.54, 1.807) is 29.8 Å². The number of benzene rings is 1. The predicted octanol–water partition coefficient (Wildman–Crippen LogP) is 3.33. The molecule has 3 rings (SSSR count). The van der Waals surface area contributed by atoms with Crippen molar-refractivity contribution in [1.82, 2.24) is 9.97 Å². The topological polar surface area (TPSA) is 63.8 Å². The summed E-state index contributed by atoms with van der Waals surface area (Å²) in [6.45, 7) is 2.45. The Balaban J connectivity index is 1.98. The number of anilines is 2. The van der Waals surface area contributed by atoms with Gasteiger partial charge in [0.1, 0.15) is 5.01 Å². The molecule has 0 aliphatic heterocycles. The van der Waals surface area contributed by atoms with Gasteiger partial charge in [0.2, 0.25) is 0 Å². The minimum absolute atomic E-state index is 0.364. The van der Waals surface area contributed by atoms with Crippen molar-refractivity contribution in [3.8, 4) is 0 Å². The maximum atomic E-state index is 14.1. The summed E-state index contributed by atoms with van der Waals surface area (Å²) in [6.07, 6.45) is 3.43. The summed E-state index contributed by atoms with van der Waals surface area (Å²) in [5.41, 5.74) is 7.11. The van der Waals surface area contributed by atoms with Gasteiger partial charge in [-0.25, -0.2) is 9.37 Å². The van der Waals surface area contributed by atoms with Crippen LogP contribution in [-0.2, 0) is 6.54 Å². The minimum Gasteiger partial charge on any atom is -0.398 e. The molecule has 3 N–H and O–H groups in total. The monoisotopic (exact) mass is 288 g/mol. The van der Waals surface area contributed by atoms with E-state index >= 15 is 0 Å². The number of nitrogens with two attached hydrogens (primary N) is 1. The van der Waals surface area contributed by atoms with Crippen molar-refractivity contribution in [2.45, 2.75) is 13.5 Å². The quantitative estimate of drug-likeness (QED) is 0.726. The number of nitrogens with one attached hydrogen (secondary N) is 1. The van der Waals surface area contributed by atoms with E-state index < -0.39 is 5.82 Å². The molecule has 0 unspecified atom stereocenters. The van der Waals surface area contributed by atoms with Gasteiger partial charge >= 0.3 is 0 Å². The molecule has 20 heavy (non-hydrogen) atoms. The molecule has 2 aromatic heterocycles. The van der Waals surface area contributed by atoms with Crippen LogP contribution < -0.4 is 11.1 Å². The number of halogens is 1. The molecule has 6 heteroatoms. The van der Waals surface area contributed by atoms with Gasteiger partial charge in [-0.3, -0.25) is 4.98 Å². The van der Waals surface area contributed by atoms with Gasteiger partial charge in [0, 0.05) is 28.3 Å². The van der Waals surface area contributed by atoms with Crippen molar-refractivity contribution in [1.29, 1.82) is 0 Å². The van der Waals surface area contributed by atoms with E-state index in [1.807, 2.05) is 13.0 Å². The molecular weight excluding hydrogens is 275 g/mol. The molecule has 0 saturated heterocycles. The molecule has 2 heterocycles. The number of thiazole rings is 1. The Kier molecular flexibility index (Phi) is 3.23. The second-order valence-electron chi connectivity index (χ2n) is 4.44. The summed E-state index contributed by atoms with van der Waals surface area (Å²) < 4.78 is 14.1. The summed E-state index contributed by atoms with van der Waals surface area (Å²) in [6, 6.07) is 4.93. The van der Waals surface area contributed by atoms with Crippen LogP contribution in [0.25, 0.3) is 10.9 Å². The van der Waals surface area contributed by atoms with Crippen LogP contribution in [0.5, 0.6) is 0 Å². The first-order valence-electron chi connectivity index (χ1n) is 6.13. The number of rotatable bonds is 3. The van der Waals surface area contributed by atoms with Crippen molar-refractivity contribution in [2.24, 2.45) is 0 Å². The summed E-state index contributed by atoms with van der Waals surface area (Å²) in [4.78, 5) is 9.59. The first kappa shape index (κ1) is 12.8. The van der Waals surface area contributed by atoms with Crippen LogP contribution >= 0.6 is 11.3 Å². The fraction of sp³-hybridized carbons (Fsp3) is 0.143. The Morgan fingerprint density at radius 2 is 2.25 bits per heavy atom. The van der Waals surface area contributed by atoms with Crippen LogP contribution in [0.15, 0.2) is 30.6 Å². The van der Waals surface area contributed by atoms with Crippen LogP contribution in [0.1, 0.15) is 9.88 Å². The second kappa shape index (κ2) is 5.05. The fourth-order valence-corrected chi connectivity index (χ4v) is 2.78. The third-order valence-corrected chi connectivity index (χ3v) is 3.87. The van der Waals surface area contributed by atoms with E-state index in [0.717, 1.165) is 15.3 Å². The number of hydrogen-bond acceptors (Lipinski definition) is 5. The number of aryl methyl sites for hydroxylation is 1. The molecule has 0 aliphatic carbocycles. The van der Waals surface area contributed by atoms with Gasteiger partial charge in [-0.1, -0.05) is 0 Å². The zero-order valence-corrected chi connectivity index (χ0v) is 11.7. The van der Waals surface area contributed by atoms with Crippen LogP contribution in [0, 0.1) is 12.7 Å². The number of nitrogens with zero attached hydrogens (tertiary/aromatic N) is 2. The molecule has 0 saturated carbocycles. The number of pyridine rings is 1. The van der Waals surface area contributed by atoms with E-state index in [9.17, 15) is 4.39 Å². The maximum Gasteiger partial charge on any atom is 0.150 e. The molecule has 0 atom stereocenters. The summed E-state index contributed by atoms with van der Waals surface area (Å²) >= 11 is 1.58. The first-order chi connectivity index (χ1) is 9.65. The lowest BCUT2D eigenvalue weighted by Gasteiger charge is -2.10. The van der Waals surface area contributed by atoms with Gasteiger partial charge in [0.05, 0.1) is 17.7 Å². The average molecular weight is 288 g/mol. The summed E-state index contributed by atoms with van der Waals surface area (Å²) in [5.74, 6) is -0.401. The molecule has 0 radical (unpaired) electrons. The lowest BCUT2D eigenvalue weighted by molar-refractivity contribution is 0.632. The molecule has 102 valence electrons. The highest BCUT2D eigenvalue weighted by molar-refractivity contribution is 7.11. The normalized spacial score (nSPS) is 10.9. The third-order valence-electron chi connectivity index (χ3n) is 2.96. The van der Waals surface area contributed by atoms with Crippen LogP contribution in [-0.4, -0.2) is 9.97 Å². The third kappa shape index (κ3) is 2.30. The summed E-state index contributed by atoms with van der Waals surface area (Å²) in [7, 11) is 0. The van der Waals surface area contributed by atoms with Crippen molar-refractivity contribution >= 4 is 33.6 Å². The molecule has 3 aromatic rings. The maximum absolute atomic E-state index is 14.1. The Bertz CT molecular complexity index is 769. The van der Waals surface area contributed by atoms with E-state index in [-0.39, 0.29) is 0 Å². The Morgan fingerprint density at radius 1 is 1.40 bits per heavy atom. The smallest absolute Gasteiger partial charge is 0.150 e. The molecule has 0 bridgehead atoms. The number of nitrogen functional groups attached to an aromatic ring is 1. The standard InChI is InChI=1S/C14H13FN4S/c1-8-6-18-12(20-8)7-19-14-10(15)5-11(16)9-3-2-4-17-13(9)14/h2-6,19H,7,16H2,1H3. The first-order valence-corrected chi connectivity index (χ1v) is 6.94. The van der Waals surface area contributed by atoms with Crippen molar-refractivity contribution in [3.63, 3.8) is 0 Å². The largest absolute Gasteiger partial charge is 0.398 e. The van der Waals surface area contributed by atoms with Crippen molar-refractivity contribution in [3.05, 3.63) is 46.3 Å². The zero-order chi connectivity index (χ0) is 14.1. The number of fused-ring (bicyclic) bond motifs is 1. The molecule has 0 spiro atoms. The zero-order valence-electron chi connectivity index (χ0n) is 10.9. The van der Waals surface area contributed by atoms with Crippen molar-refractivity contribution < 1.29 is 4.39 Å². The van der Waals surface area contributed by atoms with Gasteiger partial charge in [0.25, 0.3) is 0 Å². The highest BCUT2D eigenvalue weighted by atomic mass is 32.1. The lowest BCUT2D eigenvalue weighted by atomic mass is 10.1. The molecule has 1 aromatic carbocycles. The Labute approximate surface area is 119 Å². The van der Waals surface area contributed by atoms with Gasteiger partial charge in [-0.05, 0) is 25.1 Å². The Hall–Kier alpha value is -2.21. The van der Waals surface area contributed by atoms with E-state index in [2.05, 4.69) is 15.3 Å². The van der Waals surface area contributed by atoms with Crippen LogP contribution in [0.2, 0.25) is 0 Å². The lowest BCUT2D eigenvalue weighted by Crippen LogP contribution is -2.04. The molecule has 0 amide bonds. The fourth-order valence-electron chi connectivity index (χ4n) is 2.05. The highest BCUT2D eigenvalue weighted by Crippen LogP contribution is 2.30. The minimum atomic E-state index is -0.401. The molecule has 0 aliphatic rings. The van der Waals surface area contributed by atoms with Crippen LogP contribution in [0.4, 0.5) is 15.8 Å². The molecule has 4 nitrogen and oxygen atoms in total.